The quantitative estimate of drug-likeness (QED) is 0.785. The van der Waals surface area contributed by atoms with Crippen LogP contribution in [-0.2, 0) is 0 Å². The average molecular weight is 295 g/mol. The molecule has 0 N–H and O–H groups in total. The molecule has 1 aliphatic carbocycles. The molecular formula is C15H23ClN4. The molecule has 0 amide bonds. The lowest BCUT2D eigenvalue weighted by Gasteiger charge is -2.36. The Kier molecular flexibility index (Phi) is 4.24. The van der Waals surface area contributed by atoms with Gasteiger partial charge in [-0.05, 0) is 33.0 Å². The monoisotopic (exact) mass is 294 g/mol. The summed E-state index contributed by atoms with van der Waals surface area (Å²) in [6.07, 6.45) is 5.11. The van der Waals surface area contributed by atoms with E-state index in [1.54, 1.807) is 0 Å². The highest BCUT2D eigenvalue weighted by atomic mass is 35.5. The van der Waals surface area contributed by atoms with E-state index in [2.05, 4.69) is 28.9 Å². The van der Waals surface area contributed by atoms with Crippen LogP contribution in [0.15, 0.2) is 6.07 Å². The molecule has 2 fully saturated rings. The molecule has 1 aliphatic heterocycles. The van der Waals surface area contributed by atoms with Gasteiger partial charge >= 0.3 is 0 Å². The Morgan fingerprint density at radius 2 is 1.90 bits per heavy atom. The summed E-state index contributed by atoms with van der Waals surface area (Å²) < 4.78 is 0. The van der Waals surface area contributed by atoms with Gasteiger partial charge in [0.2, 0.25) is 0 Å². The maximum Gasteiger partial charge on any atom is 0.148 e. The van der Waals surface area contributed by atoms with Crippen LogP contribution in [0.2, 0.25) is 5.15 Å². The fraction of sp³-hybridized carbons (Fsp3) is 0.733. The van der Waals surface area contributed by atoms with Crippen molar-refractivity contribution in [2.24, 2.45) is 0 Å². The second-order valence-corrected chi connectivity index (χ2v) is 6.60. The van der Waals surface area contributed by atoms with Gasteiger partial charge in [0.1, 0.15) is 11.0 Å². The van der Waals surface area contributed by atoms with Crippen LogP contribution in [0.3, 0.4) is 0 Å². The van der Waals surface area contributed by atoms with Crippen molar-refractivity contribution in [2.75, 3.05) is 33.7 Å². The minimum absolute atomic E-state index is 0.257. The molecule has 0 aromatic carbocycles. The number of rotatable bonds is 2. The average Bonchev–Trinajstić information content (AvgIpc) is 2.95. The van der Waals surface area contributed by atoms with Gasteiger partial charge in [-0.1, -0.05) is 24.4 Å². The summed E-state index contributed by atoms with van der Waals surface area (Å²) in [7, 11) is 4.31. The van der Waals surface area contributed by atoms with Crippen LogP contribution in [-0.4, -0.2) is 53.5 Å². The second kappa shape index (κ2) is 5.96. The first-order valence-corrected chi connectivity index (χ1v) is 7.94. The van der Waals surface area contributed by atoms with Crippen LogP contribution in [0, 0.1) is 0 Å². The Balaban J connectivity index is 1.88. The van der Waals surface area contributed by atoms with Crippen LogP contribution in [0.25, 0.3) is 0 Å². The number of likely N-dealkylation sites (N-methyl/N-ethyl adjacent to an activating group) is 2. The van der Waals surface area contributed by atoms with E-state index in [1.165, 1.54) is 25.7 Å². The van der Waals surface area contributed by atoms with Crippen molar-refractivity contribution in [3.8, 4) is 0 Å². The number of nitrogens with zero attached hydrogens (tertiary/aromatic N) is 4. The Bertz CT molecular complexity index is 473. The minimum atomic E-state index is 0.257. The van der Waals surface area contributed by atoms with Gasteiger partial charge in [0.25, 0.3) is 0 Å². The first-order valence-electron chi connectivity index (χ1n) is 7.56. The minimum Gasteiger partial charge on any atom is -0.303 e. The maximum atomic E-state index is 6.25. The van der Waals surface area contributed by atoms with Crippen LogP contribution < -0.4 is 0 Å². The molecule has 0 radical (unpaired) electrons. The van der Waals surface area contributed by atoms with Crippen LogP contribution in [0.5, 0.6) is 0 Å². The number of aromatic nitrogens is 2. The lowest BCUT2D eigenvalue weighted by atomic mass is 10.0. The Morgan fingerprint density at radius 1 is 1.15 bits per heavy atom. The van der Waals surface area contributed by atoms with Crippen molar-refractivity contribution in [2.45, 2.75) is 37.6 Å². The third-order valence-corrected chi connectivity index (χ3v) is 4.85. The smallest absolute Gasteiger partial charge is 0.148 e. The molecule has 5 heteroatoms. The van der Waals surface area contributed by atoms with Crippen molar-refractivity contribution in [1.29, 1.82) is 0 Å². The normalized spacial score (nSPS) is 26.2. The van der Waals surface area contributed by atoms with Gasteiger partial charge < -0.3 is 4.90 Å². The van der Waals surface area contributed by atoms with E-state index in [4.69, 9.17) is 16.6 Å². The number of hydrogen-bond acceptors (Lipinski definition) is 4. The Labute approximate surface area is 126 Å². The standard InChI is InChI=1S/C15H23ClN4/c1-19-7-8-20(2)13(10-19)15-17-12(9-14(16)18-15)11-5-3-4-6-11/h9,11,13H,3-8,10H2,1-2H3. The summed E-state index contributed by atoms with van der Waals surface area (Å²) in [5.41, 5.74) is 1.15. The molecule has 4 nitrogen and oxygen atoms in total. The Morgan fingerprint density at radius 3 is 2.65 bits per heavy atom. The molecule has 0 spiro atoms. The Hall–Kier alpha value is -0.710. The predicted octanol–water partition coefficient (Wildman–Crippen LogP) is 2.71. The van der Waals surface area contributed by atoms with Crippen molar-refractivity contribution < 1.29 is 0 Å². The lowest BCUT2D eigenvalue weighted by molar-refractivity contribution is 0.109. The van der Waals surface area contributed by atoms with E-state index in [-0.39, 0.29) is 6.04 Å². The summed E-state index contributed by atoms with van der Waals surface area (Å²) in [5.74, 6) is 1.48. The van der Waals surface area contributed by atoms with E-state index in [1.807, 2.05) is 6.07 Å². The summed E-state index contributed by atoms with van der Waals surface area (Å²) >= 11 is 6.25. The molecule has 1 atom stereocenters. The zero-order valence-corrected chi connectivity index (χ0v) is 13.1. The fourth-order valence-corrected chi connectivity index (χ4v) is 3.52. The SMILES string of the molecule is CN1CCN(C)C(c2nc(Cl)cc(C3CCCC3)n2)C1. The third kappa shape index (κ3) is 2.97. The van der Waals surface area contributed by atoms with Crippen molar-refractivity contribution in [3.05, 3.63) is 22.7 Å². The highest BCUT2D eigenvalue weighted by Crippen LogP contribution is 2.34. The van der Waals surface area contributed by atoms with Gasteiger partial charge in [-0.3, -0.25) is 4.90 Å². The molecule has 3 rings (SSSR count). The van der Waals surface area contributed by atoms with Crippen LogP contribution >= 0.6 is 11.6 Å². The molecular weight excluding hydrogens is 272 g/mol. The van der Waals surface area contributed by atoms with Gasteiger partial charge in [0.05, 0.1) is 6.04 Å². The van der Waals surface area contributed by atoms with Crippen LogP contribution in [0.1, 0.15) is 49.2 Å². The maximum absolute atomic E-state index is 6.25. The first kappa shape index (κ1) is 14.2. The summed E-state index contributed by atoms with van der Waals surface area (Å²) in [6.45, 7) is 3.12. The molecule has 2 aliphatic rings. The van der Waals surface area contributed by atoms with Crippen LogP contribution in [0.4, 0.5) is 0 Å². The van der Waals surface area contributed by atoms with Crippen molar-refractivity contribution >= 4 is 11.6 Å². The van der Waals surface area contributed by atoms with E-state index >= 15 is 0 Å². The predicted molar refractivity (Wildman–Crippen MR) is 81.1 cm³/mol. The van der Waals surface area contributed by atoms with Gasteiger partial charge in [-0.25, -0.2) is 9.97 Å². The zero-order chi connectivity index (χ0) is 14.1. The largest absolute Gasteiger partial charge is 0.303 e. The van der Waals surface area contributed by atoms with E-state index in [0.29, 0.717) is 11.1 Å². The fourth-order valence-electron chi connectivity index (χ4n) is 3.32. The molecule has 20 heavy (non-hydrogen) atoms. The highest BCUT2D eigenvalue weighted by Gasteiger charge is 2.28. The number of hydrogen-bond donors (Lipinski definition) is 0. The number of piperazine rings is 1. The molecule has 1 unspecified atom stereocenters. The van der Waals surface area contributed by atoms with E-state index < -0.39 is 0 Å². The summed E-state index contributed by atoms with van der Waals surface area (Å²) in [6, 6.07) is 2.22. The molecule has 1 saturated heterocycles. The third-order valence-electron chi connectivity index (χ3n) is 4.65. The lowest BCUT2D eigenvalue weighted by Crippen LogP contribution is -2.45. The zero-order valence-electron chi connectivity index (χ0n) is 12.3. The topological polar surface area (TPSA) is 32.3 Å². The number of halogens is 1. The van der Waals surface area contributed by atoms with E-state index in [9.17, 15) is 0 Å². The van der Waals surface area contributed by atoms with Gasteiger partial charge in [0, 0.05) is 31.2 Å². The van der Waals surface area contributed by atoms with Gasteiger partial charge in [0.15, 0.2) is 0 Å². The van der Waals surface area contributed by atoms with Gasteiger partial charge in [-0.2, -0.15) is 0 Å². The summed E-state index contributed by atoms with van der Waals surface area (Å²) in [4.78, 5) is 14.0. The summed E-state index contributed by atoms with van der Waals surface area (Å²) in [5, 5.41) is 0.596. The molecule has 2 heterocycles. The molecule has 0 bridgehead atoms. The van der Waals surface area contributed by atoms with Gasteiger partial charge in [-0.15, -0.1) is 0 Å². The van der Waals surface area contributed by atoms with Crippen molar-refractivity contribution in [1.82, 2.24) is 19.8 Å². The molecule has 1 saturated carbocycles. The van der Waals surface area contributed by atoms with Crippen molar-refractivity contribution in [3.63, 3.8) is 0 Å². The first-order chi connectivity index (χ1) is 9.63. The molecule has 110 valence electrons. The second-order valence-electron chi connectivity index (χ2n) is 6.21. The molecule has 1 aromatic heterocycles. The van der Waals surface area contributed by atoms with E-state index in [0.717, 1.165) is 31.2 Å². The molecule has 1 aromatic rings. The highest BCUT2D eigenvalue weighted by molar-refractivity contribution is 6.29.